The molecule has 0 bridgehead atoms. The SMILES string of the molecule is CN(C)c1ccc(Cl)cc1NCc1ncc[nH]1. The predicted molar refractivity (Wildman–Crippen MR) is 71.7 cm³/mol. The van der Waals surface area contributed by atoms with Crippen LogP contribution in [0.3, 0.4) is 0 Å². The number of nitrogens with zero attached hydrogens (tertiary/aromatic N) is 2. The largest absolute Gasteiger partial charge is 0.376 e. The Morgan fingerprint density at radius 3 is 2.88 bits per heavy atom. The molecule has 0 aliphatic rings. The summed E-state index contributed by atoms with van der Waals surface area (Å²) in [6.45, 7) is 0.647. The fourth-order valence-electron chi connectivity index (χ4n) is 1.61. The van der Waals surface area contributed by atoms with E-state index in [2.05, 4.69) is 15.3 Å². The number of aromatic amines is 1. The van der Waals surface area contributed by atoms with E-state index in [1.807, 2.05) is 43.4 Å². The molecule has 0 aliphatic heterocycles. The number of imidazole rings is 1. The zero-order chi connectivity index (χ0) is 12.3. The van der Waals surface area contributed by atoms with Gasteiger partial charge in [0.2, 0.25) is 0 Å². The summed E-state index contributed by atoms with van der Waals surface area (Å²) >= 11 is 6.00. The topological polar surface area (TPSA) is 44.0 Å². The summed E-state index contributed by atoms with van der Waals surface area (Å²) in [4.78, 5) is 9.26. The summed E-state index contributed by atoms with van der Waals surface area (Å²) < 4.78 is 0. The van der Waals surface area contributed by atoms with E-state index in [0.29, 0.717) is 6.54 Å². The van der Waals surface area contributed by atoms with Gasteiger partial charge in [-0.25, -0.2) is 4.98 Å². The third-order valence-corrected chi connectivity index (χ3v) is 2.68. The molecular weight excluding hydrogens is 236 g/mol. The van der Waals surface area contributed by atoms with Crippen LogP contribution >= 0.6 is 11.6 Å². The van der Waals surface area contributed by atoms with Crippen molar-refractivity contribution >= 4 is 23.0 Å². The predicted octanol–water partition coefficient (Wildman–Crippen LogP) is 2.74. The molecule has 1 heterocycles. The first kappa shape index (κ1) is 11.8. The van der Waals surface area contributed by atoms with E-state index in [-0.39, 0.29) is 0 Å². The highest BCUT2D eigenvalue weighted by Crippen LogP contribution is 2.27. The third-order valence-electron chi connectivity index (χ3n) is 2.44. The summed E-state index contributed by atoms with van der Waals surface area (Å²) in [5.74, 6) is 0.898. The molecule has 1 aromatic heterocycles. The molecule has 0 atom stereocenters. The second-order valence-corrected chi connectivity index (χ2v) is 4.38. The molecule has 0 aliphatic carbocycles. The van der Waals surface area contributed by atoms with Crippen molar-refractivity contribution in [2.75, 3.05) is 24.3 Å². The Hall–Kier alpha value is -1.68. The molecule has 4 nitrogen and oxygen atoms in total. The van der Waals surface area contributed by atoms with Crippen LogP contribution in [0.5, 0.6) is 0 Å². The fraction of sp³-hybridized carbons (Fsp3) is 0.250. The molecule has 5 heteroatoms. The van der Waals surface area contributed by atoms with Crippen molar-refractivity contribution in [3.8, 4) is 0 Å². The standard InChI is InChI=1S/C12H15ClN4/c1-17(2)11-4-3-9(13)7-10(11)16-8-12-14-5-6-15-12/h3-7,16H,8H2,1-2H3,(H,14,15). The molecule has 0 saturated heterocycles. The molecule has 0 spiro atoms. The van der Waals surface area contributed by atoms with Gasteiger partial charge < -0.3 is 15.2 Å². The maximum Gasteiger partial charge on any atom is 0.125 e. The molecule has 0 unspecified atom stereocenters. The minimum Gasteiger partial charge on any atom is -0.376 e. The van der Waals surface area contributed by atoms with Gasteiger partial charge in [0.15, 0.2) is 0 Å². The van der Waals surface area contributed by atoms with Crippen LogP contribution in [0.2, 0.25) is 5.02 Å². The van der Waals surface area contributed by atoms with Crippen molar-refractivity contribution in [1.82, 2.24) is 9.97 Å². The van der Waals surface area contributed by atoms with Gasteiger partial charge >= 0.3 is 0 Å². The van der Waals surface area contributed by atoms with Gasteiger partial charge in [0, 0.05) is 31.5 Å². The van der Waals surface area contributed by atoms with Gasteiger partial charge in [-0.15, -0.1) is 0 Å². The van der Waals surface area contributed by atoms with Crippen LogP contribution in [-0.4, -0.2) is 24.1 Å². The Bertz CT molecular complexity index is 479. The van der Waals surface area contributed by atoms with Crippen molar-refractivity contribution in [2.45, 2.75) is 6.54 Å². The van der Waals surface area contributed by atoms with Gasteiger partial charge in [0.1, 0.15) is 5.82 Å². The van der Waals surface area contributed by atoms with Crippen LogP contribution in [0, 0.1) is 0 Å². The monoisotopic (exact) mass is 250 g/mol. The lowest BCUT2D eigenvalue weighted by molar-refractivity contribution is 0.995. The van der Waals surface area contributed by atoms with Gasteiger partial charge in [-0.3, -0.25) is 0 Å². The average Bonchev–Trinajstić information content (AvgIpc) is 2.78. The van der Waals surface area contributed by atoms with Gasteiger partial charge in [0.05, 0.1) is 17.9 Å². The summed E-state index contributed by atoms with van der Waals surface area (Å²) in [5.41, 5.74) is 2.10. The number of nitrogens with one attached hydrogen (secondary N) is 2. The van der Waals surface area contributed by atoms with Crippen molar-refractivity contribution in [2.24, 2.45) is 0 Å². The Kier molecular flexibility index (Phi) is 3.54. The lowest BCUT2D eigenvalue weighted by Gasteiger charge is -2.18. The fourth-order valence-corrected chi connectivity index (χ4v) is 1.79. The number of aromatic nitrogens is 2. The van der Waals surface area contributed by atoms with Crippen molar-refractivity contribution in [1.29, 1.82) is 0 Å². The van der Waals surface area contributed by atoms with E-state index in [4.69, 9.17) is 11.6 Å². The first-order chi connectivity index (χ1) is 8.16. The summed E-state index contributed by atoms with van der Waals surface area (Å²) in [6, 6.07) is 5.79. The molecule has 2 N–H and O–H groups in total. The zero-order valence-electron chi connectivity index (χ0n) is 9.87. The second kappa shape index (κ2) is 5.10. The van der Waals surface area contributed by atoms with Gasteiger partial charge in [-0.2, -0.15) is 0 Å². The van der Waals surface area contributed by atoms with Crippen LogP contribution in [0.1, 0.15) is 5.82 Å². The molecule has 90 valence electrons. The molecule has 0 saturated carbocycles. The molecule has 0 radical (unpaired) electrons. The summed E-state index contributed by atoms with van der Waals surface area (Å²) in [5, 5.41) is 4.04. The number of H-pyrrole nitrogens is 1. The Morgan fingerprint density at radius 1 is 1.41 bits per heavy atom. The van der Waals surface area contributed by atoms with E-state index in [1.165, 1.54) is 0 Å². The van der Waals surface area contributed by atoms with Crippen LogP contribution in [0.15, 0.2) is 30.6 Å². The molecule has 17 heavy (non-hydrogen) atoms. The Morgan fingerprint density at radius 2 is 2.24 bits per heavy atom. The smallest absolute Gasteiger partial charge is 0.125 e. The molecule has 1 aromatic carbocycles. The van der Waals surface area contributed by atoms with E-state index in [1.54, 1.807) is 6.20 Å². The highest BCUT2D eigenvalue weighted by molar-refractivity contribution is 6.31. The summed E-state index contributed by atoms with van der Waals surface area (Å²) in [7, 11) is 4.00. The average molecular weight is 251 g/mol. The highest BCUT2D eigenvalue weighted by Gasteiger charge is 2.05. The van der Waals surface area contributed by atoms with Crippen LogP contribution in [0.4, 0.5) is 11.4 Å². The maximum atomic E-state index is 6.00. The van der Waals surface area contributed by atoms with Crippen LogP contribution in [0.25, 0.3) is 0 Å². The normalized spacial score (nSPS) is 10.3. The van der Waals surface area contributed by atoms with Crippen LogP contribution < -0.4 is 10.2 Å². The number of hydrogen-bond acceptors (Lipinski definition) is 3. The summed E-state index contributed by atoms with van der Waals surface area (Å²) in [6.07, 6.45) is 3.55. The van der Waals surface area contributed by atoms with E-state index in [0.717, 1.165) is 22.2 Å². The zero-order valence-corrected chi connectivity index (χ0v) is 10.6. The number of benzene rings is 1. The molecule has 0 fully saturated rings. The van der Waals surface area contributed by atoms with Crippen molar-refractivity contribution in [3.05, 3.63) is 41.4 Å². The molecule has 0 amide bonds. The first-order valence-electron chi connectivity index (χ1n) is 5.36. The number of hydrogen-bond donors (Lipinski definition) is 2. The maximum absolute atomic E-state index is 6.00. The van der Waals surface area contributed by atoms with Crippen molar-refractivity contribution < 1.29 is 0 Å². The van der Waals surface area contributed by atoms with Gasteiger partial charge in [0.25, 0.3) is 0 Å². The lowest BCUT2D eigenvalue weighted by atomic mass is 10.2. The van der Waals surface area contributed by atoms with E-state index < -0.39 is 0 Å². The minimum absolute atomic E-state index is 0.647. The Balaban J connectivity index is 2.16. The first-order valence-corrected chi connectivity index (χ1v) is 5.73. The Labute approximate surface area is 106 Å². The second-order valence-electron chi connectivity index (χ2n) is 3.95. The van der Waals surface area contributed by atoms with Gasteiger partial charge in [-0.05, 0) is 18.2 Å². The molecule has 2 aromatic rings. The molecule has 2 rings (SSSR count). The van der Waals surface area contributed by atoms with Crippen molar-refractivity contribution in [3.63, 3.8) is 0 Å². The third kappa shape index (κ3) is 2.91. The number of halogens is 1. The van der Waals surface area contributed by atoms with E-state index >= 15 is 0 Å². The van der Waals surface area contributed by atoms with Gasteiger partial charge in [-0.1, -0.05) is 11.6 Å². The number of anilines is 2. The van der Waals surface area contributed by atoms with Crippen LogP contribution in [-0.2, 0) is 6.54 Å². The van der Waals surface area contributed by atoms with E-state index in [9.17, 15) is 0 Å². The lowest BCUT2D eigenvalue weighted by Crippen LogP contribution is -2.12. The quantitative estimate of drug-likeness (QED) is 0.877. The minimum atomic E-state index is 0.647. The number of rotatable bonds is 4. The highest BCUT2D eigenvalue weighted by atomic mass is 35.5. The molecular formula is C12H15ClN4.